The van der Waals surface area contributed by atoms with E-state index in [0.717, 1.165) is 44.7 Å². The molecule has 136 valence electrons. The van der Waals surface area contributed by atoms with Crippen molar-refractivity contribution in [3.63, 3.8) is 0 Å². The predicted octanol–water partition coefficient (Wildman–Crippen LogP) is 3.67. The van der Waals surface area contributed by atoms with E-state index in [1.165, 1.54) is 5.56 Å². The number of hydrogen-bond donors (Lipinski definition) is 2. The quantitative estimate of drug-likeness (QED) is 0.820. The molecule has 2 N–H and O–H groups in total. The SMILES string of the molecule is CCN(CC)Cc1cccc(NC(=O)C2NCCCC2(C)C)c1.Cl. The van der Waals surface area contributed by atoms with Gasteiger partial charge in [0.2, 0.25) is 5.91 Å². The van der Waals surface area contributed by atoms with E-state index in [4.69, 9.17) is 0 Å². The van der Waals surface area contributed by atoms with E-state index in [0.29, 0.717) is 0 Å². The highest BCUT2D eigenvalue weighted by Crippen LogP contribution is 2.30. The number of hydrogen-bond acceptors (Lipinski definition) is 3. The lowest BCUT2D eigenvalue weighted by Gasteiger charge is -2.38. The fraction of sp³-hybridized carbons (Fsp3) is 0.632. The smallest absolute Gasteiger partial charge is 0.242 e. The molecule has 24 heavy (non-hydrogen) atoms. The minimum absolute atomic E-state index is 0. The molecule has 1 fully saturated rings. The summed E-state index contributed by atoms with van der Waals surface area (Å²) in [6, 6.07) is 8.08. The molecular formula is C19H32ClN3O. The molecule has 0 bridgehead atoms. The number of nitrogens with one attached hydrogen (secondary N) is 2. The van der Waals surface area contributed by atoms with Crippen LogP contribution in [0.3, 0.4) is 0 Å². The highest BCUT2D eigenvalue weighted by atomic mass is 35.5. The van der Waals surface area contributed by atoms with Crippen molar-refractivity contribution in [1.82, 2.24) is 10.2 Å². The maximum Gasteiger partial charge on any atom is 0.242 e. The van der Waals surface area contributed by atoms with Crippen LogP contribution in [0.5, 0.6) is 0 Å². The Morgan fingerprint density at radius 1 is 1.33 bits per heavy atom. The van der Waals surface area contributed by atoms with Gasteiger partial charge in [0.05, 0.1) is 6.04 Å². The van der Waals surface area contributed by atoms with Crippen LogP contribution in [0, 0.1) is 5.41 Å². The summed E-state index contributed by atoms with van der Waals surface area (Å²) in [6.45, 7) is 12.6. The van der Waals surface area contributed by atoms with Gasteiger partial charge >= 0.3 is 0 Å². The third-order valence-corrected chi connectivity index (χ3v) is 4.89. The molecule has 1 atom stereocenters. The Kier molecular flexibility index (Phi) is 8.20. The molecule has 0 aromatic heterocycles. The third kappa shape index (κ3) is 5.47. The number of halogens is 1. The average Bonchev–Trinajstić information content (AvgIpc) is 2.52. The molecular weight excluding hydrogens is 322 g/mol. The van der Waals surface area contributed by atoms with Crippen LogP contribution in [0.2, 0.25) is 0 Å². The summed E-state index contributed by atoms with van der Waals surface area (Å²) in [5.74, 6) is 0.0784. The molecule has 4 nitrogen and oxygen atoms in total. The van der Waals surface area contributed by atoms with E-state index in [1.54, 1.807) is 0 Å². The number of piperidine rings is 1. The lowest BCUT2D eigenvalue weighted by atomic mass is 9.77. The summed E-state index contributed by atoms with van der Waals surface area (Å²) in [7, 11) is 0. The van der Waals surface area contributed by atoms with Crippen molar-refractivity contribution < 1.29 is 4.79 Å². The molecule has 1 saturated heterocycles. The van der Waals surface area contributed by atoms with Crippen LogP contribution in [0.25, 0.3) is 0 Å². The average molecular weight is 354 g/mol. The van der Waals surface area contributed by atoms with Crippen LogP contribution in [0.15, 0.2) is 24.3 Å². The molecule has 1 amide bonds. The number of nitrogens with zero attached hydrogens (tertiary/aromatic N) is 1. The zero-order valence-corrected chi connectivity index (χ0v) is 16.2. The largest absolute Gasteiger partial charge is 0.325 e. The second-order valence-electron chi connectivity index (χ2n) is 7.13. The molecule has 1 unspecified atom stereocenters. The Labute approximate surface area is 152 Å². The van der Waals surface area contributed by atoms with Crippen molar-refractivity contribution in [3.8, 4) is 0 Å². The Balaban J connectivity index is 0.00000288. The minimum Gasteiger partial charge on any atom is -0.325 e. The molecule has 1 aromatic carbocycles. The Bertz CT molecular complexity index is 529. The lowest BCUT2D eigenvalue weighted by Crippen LogP contribution is -2.53. The molecule has 1 aliphatic heterocycles. The second kappa shape index (κ2) is 9.40. The number of amides is 1. The van der Waals surface area contributed by atoms with E-state index in [9.17, 15) is 4.79 Å². The van der Waals surface area contributed by atoms with E-state index in [1.807, 2.05) is 12.1 Å². The van der Waals surface area contributed by atoms with Gasteiger partial charge in [0.15, 0.2) is 0 Å². The highest BCUT2D eigenvalue weighted by Gasteiger charge is 2.37. The van der Waals surface area contributed by atoms with Crippen LogP contribution >= 0.6 is 12.4 Å². The first-order valence-corrected chi connectivity index (χ1v) is 8.82. The van der Waals surface area contributed by atoms with Gasteiger partial charge in [-0.15, -0.1) is 12.4 Å². The van der Waals surface area contributed by atoms with Gasteiger partial charge in [-0.2, -0.15) is 0 Å². The second-order valence-corrected chi connectivity index (χ2v) is 7.13. The third-order valence-electron chi connectivity index (χ3n) is 4.89. The lowest BCUT2D eigenvalue weighted by molar-refractivity contribution is -0.121. The standard InChI is InChI=1S/C19H31N3O.ClH/c1-5-22(6-2)14-15-9-7-10-16(13-15)21-18(23)17-19(3,4)11-8-12-20-17;/h7,9-10,13,17,20H,5-6,8,11-12,14H2,1-4H3,(H,21,23);1H. The topological polar surface area (TPSA) is 44.4 Å². The zero-order chi connectivity index (χ0) is 16.9. The molecule has 5 heteroatoms. The fourth-order valence-corrected chi connectivity index (χ4v) is 3.33. The Morgan fingerprint density at radius 3 is 2.67 bits per heavy atom. The number of anilines is 1. The van der Waals surface area contributed by atoms with Crippen LogP contribution in [0.4, 0.5) is 5.69 Å². The number of rotatable bonds is 6. The first-order valence-electron chi connectivity index (χ1n) is 8.82. The van der Waals surface area contributed by atoms with Gasteiger partial charge in [0.25, 0.3) is 0 Å². The number of benzene rings is 1. The van der Waals surface area contributed by atoms with Crippen molar-refractivity contribution >= 4 is 24.0 Å². The zero-order valence-electron chi connectivity index (χ0n) is 15.4. The number of carbonyl (C=O) groups excluding carboxylic acids is 1. The van der Waals surface area contributed by atoms with Crippen LogP contribution in [0.1, 0.15) is 46.1 Å². The monoisotopic (exact) mass is 353 g/mol. The van der Waals surface area contributed by atoms with Crippen molar-refractivity contribution in [2.75, 3.05) is 25.0 Å². The molecule has 2 rings (SSSR count). The Morgan fingerprint density at radius 2 is 2.04 bits per heavy atom. The maximum absolute atomic E-state index is 12.6. The summed E-state index contributed by atoms with van der Waals surface area (Å²) < 4.78 is 0. The van der Waals surface area contributed by atoms with E-state index < -0.39 is 0 Å². The predicted molar refractivity (Wildman–Crippen MR) is 104 cm³/mol. The van der Waals surface area contributed by atoms with E-state index in [-0.39, 0.29) is 29.8 Å². The van der Waals surface area contributed by atoms with Crippen LogP contribution < -0.4 is 10.6 Å². The van der Waals surface area contributed by atoms with Crippen molar-refractivity contribution in [3.05, 3.63) is 29.8 Å². The fourth-order valence-electron chi connectivity index (χ4n) is 3.33. The summed E-state index contributed by atoms with van der Waals surface area (Å²) in [6.07, 6.45) is 2.22. The first kappa shape index (κ1) is 20.9. The molecule has 1 heterocycles. The van der Waals surface area contributed by atoms with E-state index >= 15 is 0 Å². The van der Waals surface area contributed by atoms with Crippen molar-refractivity contribution in [2.24, 2.45) is 5.41 Å². The van der Waals surface area contributed by atoms with Gasteiger partial charge in [0, 0.05) is 12.2 Å². The summed E-state index contributed by atoms with van der Waals surface area (Å²) >= 11 is 0. The van der Waals surface area contributed by atoms with Crippen molar-refractivity contribution in [2.45, 2.75) is 53.1 Å². The molecule has 0 radical (unpaired) electrons. The molecule has 1 aromatic rings. The van der Waals surface area contributed by atoms with Gasteiger partial charge < -0.3 is 10.6 Å². The molecule has 0 saturated carbocycles. The van der Waals surface area contributed by atoms with Gasteiger partial charge in [0.1, 0.15) is 0 Å². The van der Waals surface area contributed by atoms with Gasteiger partial charge in [-0.3, -0.25) is 9.69 Å². The molecule has 0 aliphatic carbocycles. The van der Waals surface area contributed by atoms with Gasteiger partial charge in [-0.25, -0.2) is 0 Å². The van der Waals surface area contributed by atoms with Gasteiger partial charge in [-0.05, 0) is 55.6 Å². The van der Waals surface area contributed by atoms with Crippen LogP contribution in [-0.4, -0.2) is 36.5 Å². The van der Waals surface area contributed by atoms with Crippen LogP contribution in [-0.2, 0) is 11.3 Å². The van der Waals surface area contributed by atoms with Crippen molar-refractivity contribution in [1.29, 1.82) is 0 Å². The summed E-state index contributed by atoms with van der Waals surface area (Å²) in [5.41, 5.74) is 2.13. The highest BCUT2D eigenvalue weighted by molar-refractivity contribution is 5.95. The molecule has 0 spiro atoms. The van der Waals surface area contributed by atoms with E-state index in [2.05, 4.69) is 55.4 Å². The van der Waals surface area contributed by atoms with Gasteiger partial charge in [-0.1, -0.05) is 39.8 Å². The normalized spacial score (nSPS) is 19.6. The number of carbonyl (C=O) groups is 1. The summed E-state index contributed by atoms with van der Waals surface area (Å²) in [5, 5.41) is 6.47. The minimum atomic E-state index is -0.123. The first-order chi connectivity index (χ1) is 11.0. The molecule has 1 aliphatic rings. The Hall–Kier alpha value is -1.10. The maximum atomic E-state index is 12.6. The summed E-state index contributed by atoms with van der Waals surface area (Å²) in [4.78, 5) is 15.0.